The van der Waals surface area contributed by atoms with Crippen molar-refractivity contribution in [2.45, 2.75) is 38.6 Å². The second-order valence-electron chi connectivity index (χ2n) is 7.88. The van der Waals surface area contributed by atoms with E-state index in [4.69, 9.17) is 9.97 Å². The fourth-order valence-corrected chi connectivity index (χ4v) is 5.20. The van der Waals surface area contributed by atoms with Gasteiger partial charge in [-0.2, -0.15) is 0 Å². The average Bonchev–Trinajstić information content (AvgIpc) is 3.18. The molecule has 2 aliphatic rings. The van der Waals surface area contributed by atoms with Crippen molar-refractivity contribution < 1.29 is 0 Å². The number of benzene rings is 1. The molecule has 27 heavy (non-hydrogen) atoms. The smallest absolute Gasteiger partial charge is 0.0926 e. The Hall–Kier alpha value is -2.40. The Bertz CT molecular complexity index is 968. The van der Waals surface area contributed by atoms with E-state index in [0.717, 1.165) is 56.7 Å². The van der Waals surface area contributed by atoms with Gasteiger partial charge in [0.05, 0.1) is 23.1 Å². The quantitative estimate of drug-likeness (QED) is 0.757. The van der Waals surface area contributed by atoms with Crippen LogP contribution in [0.2, 0.25) is 0 Å². The summed E-state index contributed by atoms with van der Waals surface area (Å²) in [7, 11) is 0. The summed E-state index contributed by atoms with van der Waals surface area (Å²) in [6, 6.07) is 10.8. The largest absolute Gasteiger partial charge is 0.371 e. The van der Waals surface area contributed by atoms with Gasteiger partial charge >= 0.3 is 0 Å². The zero-order valence-electron chi connectivity index (χ0n) is 16.2. The van der Waals surface area contributed by atoms with Crippen LogP contribution in [0.5, 0.6) is 0 Å². The molecule has 1 aromatic carbocycles. The van der Waals surface area contributed by atoms with Crippen molar-refractivity contribution in [3.8, 4) is 0 Å². The number of aromatic nitrogens is 3. The number of hydrogen-bond donors (Lipinski definition) is 1. The number of pyridine rings is 1. The molecule has 3 aromatic rings. The molecule has 0 atom stereocenters. The van der Waals surface area contributed by atoms with Gasteiger partial charge in [0.25, 0.3) is 0 Å². The molecule has 2 aromatic heterocycles. The van der Waals surface area contributed by atoms with E-state index in [1.807, 2.05) is 6.33 Å². The first-order chi connectivity index (χ1) is 13.2. The lowest BCUT2D eigenvalue weighted by atomic mass is 9.78. The minimum atomic E-state index is 0.0940. The van der Waals surface area contributed by atoms with E-state index in [2.05, 4.69) is 59.0 Å². The molecule has 140 valence electrons. The summed E-state index contributed by atoms with van der Waals surface area (Å²) in [4.78, 5) is 18.1. The van der Waals surface area contributed by atoms with Crippen LogP contribution in [0.4, 0.5) is 5.69 Å². The third-order valence-corrected chi connectivity index (χ3v) is 6.53. The molecule has 1 N–H and O–H groups in total. The zero-order chi connectivity index (χ0) is 18.4. The molecule has 4 heterocycles. The van der Waals surface area contributed by atoms with Gasteiger partial charge in [0.2, 0.25) is 0 Å². The molecule has 2 aliphatic heterocycles. The summed E-state index contributed by atoms with van der Waals surface area (Å²) in [6.45, 7) is 8.70. The summed E-state index contributed by atoms with van der Waals surface area (Å²) >= 11 is 0. The van der Waals surface area contributed by atoms with Crippen LogP contribution < -0.4 is 4.90 Å². The summed E-state index contributed by atoms with van der Waals surface area (Å²) in [5.41, 5.74) is 6.25. The number of fused-ring (bicyclic) bond motifs is 3. The number of nitrogens with zero attached hydrogens (tertiary/aromatic N) is 4. The van der Waals surface area contributed by atoms with E-state index < -0.39 is 0 Å². The van der Waals surface area contributed by atoms with E-state index in [1.165, 1.54) is 22.5 Å². The maximum absolute atomic E-state index is 4.77. The third kappa shape index (κ3) is 2.56. The van der Waals surface area contributed by atoms with Crippen molar-refractivity contribution in [3.05, 3.63) is 53.7 Å². The number of anilines is 1. The third-order valence-electron chi connectivity index (χ3n) is 6.53. The van der Waals surface area contributed by atoms with Gasteiger partial charge in [-0.25, -0.2) is 4.98 Å². The molecule has 0 saturated carbocycles. The molecule has 5 nitrogen and oxygen atoms in total. The van der Waals surface area contributed by atoms with Gasteiger partial charge in [0.1, 0.15) is 0 Å². The number of imidazole rings is 1. The van der Waals surface area contributed by atoms with E-state index >= 15 is 0 Å². The van der Waals surface area contributed by atoms with Crippen LogP contribution in [0.3, 0.4) is 0 Å². The topological polar surface area (TPSA) is 48.1 Å². The molecule has 5 rings (SSSR count). The molecule has 0 radical (unpaired) electrons. The van der Waals surface area contributed by atoms with Crippen LogP contribution in [-0.4, -0.2) is 46.0 Å². The number of para-hydroxylation sites is 1. The standard InChI is InChI=1S/C22H27N5/c1-3-27-11-8-19-21(24-15-23-19)22(27)9-12-26(13-10-22)20-14-16(2)25-18-7-5-4-6-17(18)20/h4-7,14-15H,3,8-13H2,1-2H3,(H,23,24). The number of rotatable bonds is 2. The lowest BCUT2D eigenvalue weighted by molar-refractivity contribution is 0.0498. The second kappa shape index (κ2) is 6.34. The molecule has 5 heteroatoms. The fourth-order valence-electron chi connectivity index (χ4n) is 5.20. The molecule has 0 bridgehead atoms. The van der Waals surface area contributed by atoms with E-state index in [-0.39, 0.29) is 5.54 Å². The number of aromatic amines is 1. The Kier molecular flexibility index (Phi) is 3.93. The lowest BCUT2D eigenvalue weighted by Gasteiger charge is -2.50. The Morgan fingerprint density at radius 1 is 1.15 bits per heavy atom. The molecule has 1 spiro atoms. The highest BCUT2D eigenvalue weighted by atomic mass is 15.3. The molecule has 0 unspecified atom stereocenters. The number of aryl methyl sites for hydroxylation is 1. The summed E-state index contributed by atoms with van der Waals surface area (Å²) in [5, 5.41) is 1.26. The van der Waals surface area contributed by atoms with Crippen molar-refractivity contribution >= 4 is 16.6 Å². The average molecular weight is 361 g/mol. The maximum atomic E-state index is 4.77. The van der Waals surface area contributed by atoms with Crippen molar-refractivity contribution in [2.75, 3.05) is 31.1 Å². The van der Waals surface area contributed by atoms with Gasteiger partial charge in [-0.1, -0.05) is 25.1 Å². The fraction of sp³-hybridized carbons (Fsp3) is 0.455. The highest BCUT2D eigenvalue weighted by Gasteiger charge is 2.46. The molecule has 0 aliphatic carbocycles. The van der Waals surface area contributed by atoms with Crippen LogP contribution in [0.15, 0.2) is 36.7 Å². The van der Waals surface area contributed by atoms with Gasteiger partial charge in [-0.05, 0) is 38.4 Å². The van der Waals surface area contributed by atoms with Crippen molar-refractivity contribution in [1.29, 1.82) is 0 Å². The Balaban J connectivity index is 1.49. The molecule has 1 saturated heterocycles. The molecule has 0 amide bonds. The maximum Gasteiger partial charge on any atom is 0.0926 e. The number of likely N-dealkylation sites (N-methyl/N-ethyl adjacent to an activating group) is 1. The molecular weight excluding hydrogens is 334 g/mol. The number of H-pyrrole nitrogens is 1. The minimum absolute atomic E-state index is 0.0940. The van der Waals surface area contributed by atoms with Gasteiger partial charge in [-0.15, -0.1) is 0 Å². The SMILES string of the molecule is CCN1CCc2[nH]cnc2C12CCN(c1cc(C)nc3ccccc13)CC2. The predicted molar refractivity (Wildman–Crippen MR) is 109 cm³/mol. The normalized spacial score (nSPS) is 19.6. The predicted octanol–water partition coefficient (Wildman–Crippen LogP) is 3.64. The minimum Gasteiger partial charge on any atom is -0.371 e. The second-order valence-corrected chi connectivity index (χ2v) is 7.88. The zero-order valence-corrected chi connectivity index (χ0v) is 16.2. The van der Waals surface area contributed by atoms with Gasteiger partial charge in [-0.3, -0.25) is 9.88 Å². The number of piperidine rings is 1. The monoisotopic (exact) mass is 361 g/mol. The van der Waals surface area contributed by atoms with E-state index in [9.17, 15) is 0 Å². The number of hydrogen-bond acceptors (Lipinski definition) is 4. The van der Waals surface area contributed by atoms with Gasteiger partial charge in [0, 0.05) is 48.5 Å². The Morgan fingerprint density at radius 2 is 1.96 bits per heavy atom. The summed E-state index contributed by atoms with van der Waals surface area (Å²) < 4.78 is 0. The van der Waals surface area contributed by atoms with E-state index in [1.54, 1.807) is 0 Å². The lowest BCUT2D eigenvalue weighted by Crippen LogP contribution is -2.56. The van der Waals surface area contributed by atoms with Crippen molar-refractivity contribution in [1.82, 2.24) is 19.9 Å². The summed E-state index contributed by atoms with van der Waals surface area (Å²) in [5.74, 6) is 0. The Labute approximate surface area is 160 Å². The first kappa shape index (κ1) is 16.8. The highest BCUT2D eigenvalue weighted by Crippen LogP contribution is 2.43. The van der Waals surface area contributed by atoms with Gasteiger partial charge in [0.15, 0.2) is 0 Å². The van der Waals surface area contributed by atoms with Crippen LogP contribution in [-0.2, 0) is 12.0 Å². The van der Waals surface area contributed by atoms with Crippen LogP contribution >= 0.6 is 0 Å². The summed E-state index contributed by atoms with van der Waals surface area (Å²) in [6.07, 6.45) is 5.21. The Morgan fingerprint density at radius 3 is 2.78 bits per heavy atom. The highest BCUT2D eigenvalue weighted by molar-refractivity contribution is 5.92. The van der Waals surface area contributed by atoms with Crippen LogP contribution in [0, 0.1) is 6.92 Å². The van der Waals surface area contributed by atoms with Crippen LogP contribution in [0.25, 0.3) is 10.9 Å². The molecular formula is C22H27N5. The van der Waals surface area contributed by atoms with Crippen LogP contribution in [0.1, 0.15) is 36.8 Å². The van der Waals surface area contributed by atoms with Crippen molar-refractivity contribution in [2.24, 2.45) is 0 Å². The first-order valence-corrected chi connectivity index (χ1v) is 10.1. The first-order valence-electron chi connectivity index (χ1n) is 10.1. The van der Waals surface area contributed by atoms with Crippen molar-refractivity contribution in [3.63, 3.8) is 0 Å². The molecule has 1 fully saturated rings. The van der Waals surface area contributed by atoms with Gasteiger partial charge < -0.3 is 9.88 Å². The number of nitrogens with one attached hydrogen (secondary N) is 1. The van der Waals surface area contributed by atoms with E-state index in [0.29, 0.717) is 0 Å².